The molecule has 2 amide bonds. The van der Waals surface area contributed by atoms with Gasteiger partial charge in [0.1, 0.15) is 29.6 Å². The van der Waals surface area contributed by atoms with Gasteiger partial charge in [-0.1, -0.05) is 43.9 Å². The summed E-state index contributed by atoms with van der Waals surface area (Å²) in [6.45, 7) is 20.6. The van der Waals surface area contributed by atoms with Crippen molar-refractivity contribution in [1.29, 1.82) is 0 Å². The molecule has 0 bridgehead atoms. The fraction of sp³-hybridized carbons (Fsp3) is 0.500. The quantitative estimate of drug-likeness (QED) is 0.108. The summed E-state index contributed by atoms with van der Waals surface area (Å²) in [7, 11) is -1.29. The highest BCUT2D eigenvalue weighted by Gasteiger charge is 2.37. The van der Waals surface area contributed by atoms with Gasteiger partial charge in [-0.15, -0.1) is 0 Å². The zero-order valence-corrected chi connectivity index (χ0v) is 36.5. The molecule has 2 fully saturated rings. The van der Waals surface area contributed by atoms with Crippen LogP contribution in [0.2, 0.25) is 25.7 Å². The number of nitrogens with one attached hydrogen (secondary N) is 1. The van der Waals surface area contributed by atoms with Gasteiger partial charge >= 0.3 is 12.2 Å². The van der Waals surface area contributed by atoms with Crippen LogP contribution in [0.15, 0.2) is 61.2 Å². The molecule has 13 nitrogen and oxygen atoms in total. The van der Waals surface area contributed by atoms with E-state index in [-0.39, 0.29) is 24.3 Å². The molecule has 0 radical (unpaired) electrons. The number of likely N-dealkylation sites (tertiary alicyclic amines) is 2. The van der Waals surface area contributed by atoms with Gasteiger partial charge in [0.15, 0.2) is 0 Å². The summed E-state index contributed by atoms with van der Waals surface area (Å²) in [6.07, 6.45) is 10.3. The molecule has 1 N–H and O–H groups in total. The first kappa shape index (κ1) is 41.1. The predicted octanol–water partition coefficient (Wildman–Crippen LogP) is 10.0. The van der Waals surface area contributed by atoms with Crippen molar-refractivity contribution in [2.45, 2.75) is 123 Å². The summed E-state index contributed by atoms with van der Waals surface area (Å²) in [5.41, 5.74) is 5.88. The Morgan fingerprint density at radius 2 is 1.33 bits per heavy atom. The Kier molecular flexibility index (Phi) is 11.5. The largest absolute Gasteiger partial charge is 0.444 e. The summed E-state index contributed by atoms with van der Waals surface area (Å²) in [5.74, 6) is 1.55. The molecule has 6 heterocycles. The van der Waals surface area contributed by atoms with Crippen molar-refractivity contribution in [1.82, 2.24) is 39.3 Å². The van der Waals surface area contributed by atoms with Gasteiger partial charge in [0.05, 0.1) is 40.7 Å². The number of carbonyl (C=O) groups is 2. The molecular weight excluding hydrogens is 749 g/mol. The number of rotatable bonds is 10. The van der Waals surface area contributed by atoms with Crippen LogP contribution in [0.4, 0.5) is 9.59 Å². The third-order valence-corrected chi connectivity index (χ3v) is 12.1. The maximum atomic E-state index is 13.3. The van der Waals surface area contributed by atoms with Crippen LogP contribution in [-0.2, 0) is 20.9 Å². The molecule has 0 spiro atoms. The maximum absolute atomic E-state index is 13.3. The van der Waals surface area contributed by atoms with E-state index in [1.165, 1.54) is 0 Å². The second-order valence-corrected chi connectivity index (χ2v) is 24.3. The SMILES string of the molecule is CC(C)(C)OC(=O)N1CCC[C@H]1c1nc(-c2ccc(-c3cnc4cc(-c5cnc([C@@H]6CCCN6C(=O)OC(C)(C)C)n5COCC[Si](C)(C)C)cnc4c3)cc2)c[nH]1. The molecular formula is C44H58N8O5Si. The average Bonchev–Trinajstić information content (AvgIpc) is 3.98. The van der Waals surface area contributed by atoms with Crippen LogP contribution in [0.3, 0.4) is 0 Å². The number of hydrogen-bond donors (Lipinski definition) is 1. The number of imidazole rings is 2. The Bertz CT molecular complexity index is 2250. The van der Waals surface area contributed by atoms with Crippen LogP contribution in [-0.4, -0.2) is 90.4 Å². The summed E-state index contributed by atoms with van der Waals surface area (Å²) in [5, 5.41) is 0. The van der Waals surface area contributed by atoms with Gasteiger partial charge in [-0.2, -0.15) is 0 Å². The summed E-state index contributed by atoms with van der Waals surface area (Å²) >= 11 is 0. The van der Waals surface area contributed by atoms with Gasteiger partial charge in [-0.25, -0.2) is 19.6 Å². The van der Waals surface area contributed by atoms with Crippen molar-refractivity contribution in [3.8, 4) is 33.6 Å². The summed E-state index contributed by atoms with van der Waals surface area (Å²) in [6, 6.07) is 13.0. The number of aromatic nitrogens is 6. The minimum atomic E-state index is -1.29. The lowest BCUT2D eigenvalue weighted by Crippen LogP contribution is -2.37. The van der Waals surface area contributed by atoms with Crippen molar-refractivity contribution in [3.05, 3.63) is 72.8 Å². The second kappa shape index (κ2) is 16.3. The molecule has 58 heavy (non-hydrogen) atoms. The smallest absolute Gasteiger partial charge is 0.410 e. The monoisotopic (exact) mass is 806 g/mol. The highest BCUT2D eigenvalue weighted by Crippen LogP contribution is 2.37. The van der Waals surface area contributed by atoms with Crippen LogP contribution in [0.5, 0.6) is 0 Å². The number of fused-ring (bicyclic) bond motifs is 1. The number of H-pyrrole nitrogens is 1. The maximum Gasteiger partial charge on any atom is 0.410 e. The fourth-order valence-corrected chi connectivity index (χ4v) is 8.27. The number of amides is 2. The number of benzene rings is 1. The van der Waals surface area contributed by atoms with Crippen LogP contribution in [0, 0.1) is 0 Å². The second-order valence-electron chi connectivity index (χ2n) is 18.7. The van der Waals surface area contributed by atoms with Crippen LogP contribution < -0.4 is 0 Å². The molecule has 0 aliphatic carbocycles. The molecule has 2 saturated heterocycles. The minimum absolute atomic E-state index is 0.142. The predicted molar refractivity (Wildman–Crippen MR) is 228 cm³/mol. The topological polar surface area (TPSA) is 141 Å². The Morgan fingerprint density at radius 1 is 0.759 bits per heavy atom. The average molecular weight is 807 g/mol. The minimum Gasteiger partial charge on any atom is -0.444 e. The number of hydrogen-bond acceptors (Lipinski definition) is 9. The van der Waals surface area contributed by atoms with E-state index in [1.807, 2.05) is 72.4 Å². The van der Waals surface area contributed by atoms with Crippen LogP contribution in [0.25, 0.3) is 44.7 Å². The van der Waals surface area contributed by atoms with Crippen molar-refractivity contribution in [2.75, 3.05) is 19.7 Å². The fourth-order valence-electron chi connectivity index (χ4n) is 7.51. The van der Waals surface area contributed by atoms with E-state index in [4.69, 9.17) is 34.1 Å². The van der Waals surface area contributed by atoms with E-state index in [9.17, 15) is 9.59 Å². The molecule has 2 aliphatic rings. The lowest BCUT2D eigenvalue weighted by Gasteiger charge is -2.29. The van der Waals surface area contributed by atoms with Gasteiger partial charge in [0.25, 0.3) is 0 Å². The molecule has 4 aromatic heterocycles. The van der Waals surface area contributed by atoms with E-state index in [0.29, 0.717) is 26.4 Å². The van der Waals surface area contributed by atoms with Crippen molar-refractivity contribution >= 4 is 31.3 Å². The van der Waals surface area contributed by atoms with Gasteiger partial charge < -0.3 is 23.8 Å². The molecule has 7 rings (SSSR count). The van der Waals surface area contributed by atoms with E-state index < -0.39 is 19.3 Å². The molecule has 308 valence electrons. The summed E-state index contributed by atoms with van der Waals surface area (Å²) in [4.78, 5) is 52.6. The number of carbonyl (C=O) groups excluding carboxylic acids is 2. The van der Waals surface area contributed by atoms with Crippen molar-refractivity contribution < 1.29 is 23.8 Å². The molecule has 2 aliphatic heterocycles. The highest BCUT2D eigenvalue weighted by molar-refractivity contribution is 6.76. The number of nitrogens with zero attached hydrogens (tertiary/aromatic N) is 7. The molecule has 1 aromatic carbocycles. The zero-order chi connectivity index (χ0) is 41.4. The van der Waals surface area contributed by atoms with E-state index in [0.717, 1.165) is 88.1 Å². The van der Waals surface area contributed by atoms with Crippen molar-refractivity contribution in [2.24, 2.45) is 0 Å². The number of aromatic amines is 1. The van der Waals surface area contributed by atoms with Gasteiger partial charge in [0, 0.05) is 63.1 Å². The summed E-state index contributed by atoms with van der Waals surface area (Å²) < 4.78 is 19.8. The normalized spacial score (nSPS) is 17.7. The molecule has 2 atom stereocenters. The van der Waals surface area contributed by atoms with Crippen LogP contribution >= 0.6 is 0 Å². The van der Waals surface area contributed by atoms with E-state index in [1.54, 1.807) is 9.80 Å². The first-order valence-corrected chi connectivity index (χ1v) is 24.2. The molecule has 0 saturated carbocycles. The van der Waals surface area contributed by atoms with E-state index in [2.05, 4.69) is 59.5 Å². The standard InChI is InChI=1S/C44H58N8O5Si/c1-43(2,3)56-41(53)50-18-10-12-36(50)39-47-26-35(49-39)30-16-14-29(15-17-30)31-22-33-34(45-24-31)23-32(25-46-33)38-27-48-40(52(38)28-55-20-21-58(7,8)9)37-13-11-19-51(37)42(54)57-44(4,5)6/h14-17,22-27,36-37H,10-13,18-21,28H2,1-9H3,(H,47,49)/t36-,37-/m0/s1. The van der Waals surface area contributed by atoms with Gasteiger partial charge in [-0.05, 0) is 91.0 Å². The Balaban J connectivity index is 1.10. The highest BCUT2D eigenvalue weighted by atomic mass is 28.3. The van der Waals surface area contributed by atoms with Gasteiger partial charge in [-0.3, -0.25) is 19.8 Å². The Labute approximate surface area is 342 Å². The van der Waals surface area contributed by atoms with E-state index >= 15 is 0 Å². The van der Waals surface area contributed by atoms with Crippen molar-refractivity contribution in [3.63, 3.8) is 0 Å². The Morgan fingerprint density at radius 3 is 1.95 bits per heavy atom. The lowest BCUT2D eigenvalue weighted by atomic mass is 10.0. The molecule has 0 unspecified atom stereocenters. The first-order valence-electron chi connectivity index (χ1n) is 20.5. The third kappa shape index (κ3) is 9.61. The number of pyridine rings is 2. The van der Waals surface area contributed by atoms with Crippen LogP contribution in [0.1, 0.15) is 91.0 Å². The zero-order valence-electron chi connectivity index (χ0n) is 35.5. The molecule has 5 aromatic rings. The third-order valence-electron chi connectivity index (χ3n) is 10.4. The Hall–Kier alpha value is -5.08. The first-order chi connectivity index (χ1) is 27.4. The number of ether oxygens (including phenoxy) is 3. The van der Waals surface area contributed by atoms with Gasteiger partial charge in [0.2, 0.25) is 0 Å². The molecule has 14 heteroatoms. The lowest BCUT2D eigenvalue weighted by molar-refractivity contribution is 0.0199.